The van der Waals surface area contributed by atoms with E-state index in [1.807, 2.05) is 60.7 Å². The van der Waals surface area contributed by atoms with Gasteiger partial charge in [0.2, 0.25) is 0 Å². The second kappa shape index (κ2) is 11.9. The van der Waals surface area contributed by atoms with Crippen molar-refractivity contribution in [1.29, 1.82) is 0 Å². The molecule has 4 aromatic heterocycles. The smallest absolute Gasteiger partial charge is 0.164 e. The summed E-state index contributed by atoms with van der Waals surface area (Å²) in [4.78, 5) is 15.0. The van der Waals surface area contributed by atoms with Crippen LogP contribution in [0.3, 0.4) is 0 Å². The molecule has 0 atom stereocenters. The Kier molecular flexibility index (Phi) is 6.56. The Bertz CT molecular complexity index is 3330. The summed E-state index contributed by atoms with van der Waals surface area (Å²) in [7, 11) is 0. The van der Waals surface area contributed by atoms with Crippen LogP contribution in [0.25, 0.3) is 111 Å². The summed E-state index contributed by atoms with van der Waals surface area (Å²) in [6.45, 7) is 0. The Labute approximate surface area is 321 Å². The molecule has 12 rings (SSSR count). The molecule has 0 saturated heterocycles. The van der Waals surface area contributed by atoms with Crippen molar-refractivity contribution in [3.05, 3.63) is 188 Å². The minimum absolute atomic E-state index is 0.631. The van der Waals surface area contributed by atoms with Gasteiger partial charge in [0.05, 0.1) is 27.6 Å². The number of rotatable bonds is 5. The first kappa shape index (κ1) is 30.8. The van der Waals surface area contributed by atoms with Crippen molar-refractivity contribution in [2.24, 2.45) is 0 Å². The third-order valence-electron chi connectivity index (χ3n) is 11.3. The van der Waals surface area contributed by atoms with Crippen molar-refractivity contribution < 1.29 is 0 Å². The average Bonchev–Trinajstić information content (AvgIpc) is 3.91. The fourth-order valence-corrected chi connectivity index (χ4v) is 8.77. The van der Waals surface area contributed by atoms with E-state index in [0.717, 1.165) is 33.4 Å². The maximum absolute atomic E-state index is 5.05. The number of aromatic nitrogens is 5. The highest BCUT2D eigenvalue weighted by Gasteiger charge is 2.20. The molecular formula is C51H31N5. The Morgan fingerprint density at radius 1 is 0.286 bits per heavy atom. The van der Waals surface area contributed by atoms with Crippen molar-refractivity contribution in [2.45, 2.75) is 0 Å². The minimum atomic E-state index is 0.631. The highest BCUT2D eigenvalue weighted by molar-refractivity contribution is 6.24. The van der Waals surface area contributed by atoms with Crippen LogP contribution >= 0.6 is 0 Å². The van der Waals surface area contributed by atoms with Crippen molar-refractivity contribution in [3.8, 4) is 51.0 Å². The zero-order chi connectivity index (χ0) is 36.7. The predicted molar refractivity (Wildman–Crippen MR) is 231 cm³/mol. The lowest BCUT2D eigenvalue weighted by molar-refractivity contribution is 1.07. The molecule has 0 bridgehead atoms. The van der Waals surface area contributed by atoms with Crippen molar-refractivity contribution in [3.63, 3.8) is 0 Å². The standard InChI is InChI=1S/C51H31N5/c1-3-14-32(15-4-1)49-52-50(33-16-5-2-6-17-33)54-51(53-49)35-18-13-19-37(28-35)55-44-23-10-7-20-38(44)41-27-26-34(31-47(41)55)36-29-42-39-21-8-11-24-45(39)56-46-25-12-9-22-40(46)43(30-36)48(42)56/h1-31H. The lowest BCUT2D eigenvalue weighted by atomic mass is 9.98. The van der Waals surface area contributed by atoms with E-state index in [-0.39, 0.29) is 0 Å². The predicted octanol–water partition coefficient (Wildman–Crippen LogP) is 12.8. The van der Waals surface area contributed by atoms with Gasteiger partial charge in [-0.3, -0.25) is 0 Å². The van der Waals surface area contributed by atoms with E-state index in [0.29, 0.717) is 17.5 Å². The van der Waals surface area contributed by atoms with E-state index in [9.17, 15) is 0 Å². The molecule has 0 N–H and O–H groups in total. The van der Waals surface area contributed by atoms with Crippen LogP contribution in [0.5, 0.6) is 0 Å². The molecule has 5 nitrogen and oxygen atoms in total. The van der Waals surface area contributed by atoms with E-state index in [4.69, 9.17) is 15.0 Å². The van der Waals surface area contributed by atoms with Gasteiger partial charge in [-0.25, -0.2) is 15.0 Å². The minimum Gasteiger partial charge on any atom is -0.309 e. The highest BCUT2D eigenvalue weighted by atomic mass is 15.0. The Hall–Kier alpha value is -7.63. The lowest BCUT2D eigenvalue weighted by Crippen LogP contribution is -2.01. The van der Waals surface area contributed by atoms with Crippen LogP contribution in [0, 0.1) is 0 Å². The number of hydrogen-bond donors (Lipinski definition) is 0. The summed E-state index contributed by atoms with van der Waals surface area (Å²) in [6, 6.07) is 66.8. The first-order valence-electron chi connectivity index (χ1n) is 19.0. The van der Waals surface area contributed by atoms with Crippen molar-refractivity contribution in [2.75, 3.05) is 0 Å². The molecule has 4 heterocycles. The fourth-order valence-electron chi connectivity index (χ4n) is 8.77. The second-order valence-corrected chi connectivity index (χ2v) is 14.5. The summed E-state index contributed by atoms with van der Waals surface area (Å²) >= 11 is 0. The summed E-state index contributed by atoms with van der Waals surface area (Å²) in [6.07, 6.45) is 0. The van der Waals surface area contributed by atoms with Gasteiger partial charge in [-0.15, -0.1) is 0 Å². The van der Waals surface area contributed by atoms with Gasteiger partial charge in [-0.05, 0) is 59.7 Å². The van der Waals surface area contributed by atoms with Crippen molar-refractivity contribution in [1.82, 2.24) is 23.9 Å². The molecular weight excluding hydrogens is 683 g/mol. The van der Waals surface area contributed by atoms with Gasteiger partial charge in [-0.1, -0.05) is 140 Å². The van der Waals surface area contributed by atoms with Crippen LogP contribution in [0.15, 0.2) is 188 Å². The summed E-state index contributed by atoms with van der Waals surface area (Å²) in [5.41, 5.74) is 12.3. The van der Waals surface area contributed by atoms with Gasteiger partial charge in [0.1, 0.15) is 0 Å². The largest absolute Gasteiger partial charge is 0.309 e. The number of nitrogens with zero attached hydrogens (tertiary/aromatic N) is 5. The molecule has 12 aromatic rings. The zero-order valence-corrected chi connectivity index (χ0v) is 30.1. The van der Waals surface area contributed by atoms with E-state index in [2.05, 4.69) is 136 Å². The first-order chi connectivity index (χ1) is 27.8. The maximum atomic E-state index is 5.05. The zero-order valence-electron chi connectivity index (χ0n) is 30.1. The number of benzene rings is 8. The topological polar surface area (TPSA) is 48.0 Å². The van der Waals surface area contributed by atoms with Gasteiger partial charge in [0, 0.05) is 54.7 Å². The van der Waals surface area contributed by atoms with Gasteiger partial charge < -0.3 is 8.97 Å². The van der Waals surface area contributed by atoms with Crippen LogP contribution in [0.1, 0.15) is 0 Å². The highest BCUT2D eigenvalue weighted by Crippen LogP contribution is 2.43. The molecule has 0 amide bonds. The summed E-state index contributed by atoms with van der Waals surface area (Å²) < 4.78 is 4.82. The van der Waals surface area contributed by atoms with Crippen LogP contribution in [0.4, 0.5) is 0 Å². The second-order valence-electron chi connectivity index (χ2n) is 14.5. The van der Waals surface area contributed by atoms with Crippen molar-refractivity contribution >= 4 is 59.9 Å². The molecule has 0 aliphatic carbocycles. The molecule has 0 unspecified atom stereocenters. The molecule has 0 fully saturated rings. The Morgan fingerprint density at radius 3 is 1.38 bits per heavy atom. The SMILES string of the molecule is c1ccc(-c2nc(-c3ccccc3)nc(-c3cccc(-n4c5ccccc5c5ccc(-c6cc7c8ccccc8n8c9ccccc9c(c6)c78)cc54)c3)n2)cc1. The molecule has 0 saturated carbocycles. The maximum Gasteiger partial charge on any atom is 0.164 e. The first-order valence-corrected chi connectivity index (χ1v) is 19.0. The average molecular weight is 714 g/mol. The third-order valence-corrected chi connectivity index (χ3v) is 11.3. The quantitative estimate of drug-likeness (QED) is 0.178. The van der Waals surface area contributed by atoms with Crippen LogP contribution in [0.2, 0.25) is 0 Å². The van der Waals surface area contributed by atoms with E-state index >= 15 is 0 Å². The number of hydrogen-bond acceptors (Lipinski definition) is 3. The molecule has 8 aromatic carbocycles. The molecule has 0 aliphatic heterocycles. The van der Waals surface area contributed by atoms with Crippen LogP contribution in [-0.2, 0) is 0 Å². The summed E-state index contributed by atoms with van der Waals surface area (Å²) in [5, 5.41) is 7.52. The fraction of sp³-hybridized carbons (Fsp3) is 0. The van der Waals surface area contributed by atoms with E-state index in [1.54, 1.807) is 0 Å². The Balaban J connectivity index is 1.06. The van der Waals surface area contributed by atoms with Gasteiger partial charge >= 0.3 is 0 Å². The molecule has 5 heteroatoms. The molecule has 56 heavy (non-hydrogen) atoms. The van der Waals surface area contributed by atoms with Crippen LogP contribution < -0.4 is 0 Å². The Morgan fingerprint density at radius 2 is 0.768 bits per heavy atom. The monoisotopic (exact) mass is 713 g/mol. The molecule has 0 aliphatic rings. The van der Waals surface area contributed by atoms with Gasteiger partial charge in [-0.2, -0.15) is 0 Å². The third kappa shape index (κ3) is 4.58. The molecule has 0 radical (unpaired) electrons. The number of fused-ring (bicyclic) bond motifs is 9. The van der Waals surface area contributed by atoms with E-state index in [1.165, 1.54) is 60.0 Å². The number of para-hydroxylation sites is 3. The summed E-state index contributed by atoms with van der Waals surface area (Å²) in [5.74, 6) is 1.92. The molecule has 260 valence electrons. The normalized spacial score (nSPS) is 11.9. The molecule has 0 spiro atoms. The van der Waals surface area contributed by atoms with Gasteiger partial charge in [0.25, 0.3) is 0 Å². The van der Waals surface area contributed by atoms with Crippen LogP contribution in [-0.4, -0.2) is 23.9 Å². The lowest BCUT2D eigenvalue weighted by Gasteiger charge is -2.12. The van der Waals surface area contributed by atoms with Gasteiger partial charge in [0.15, 0.2) is 17.5 Å². The van der Waals surface area contributed by atoms with E-state index < -0.39 is 0 Å².